The van der Waals surface area contributed by atoms with Gasteiger partial charge >= 0.3 is 5.97 Å². The number of carboxylic acid groups (broad SMARTS) is 1. The smallest absolute Gasteiger partial charge is 0.304 e. The molecule has 190 valence electrons. The van der Waals surface area contributed by atoms with Crippen LogP contribution in [0.5, 0.6) is 0 Å². The van der Waals surface area contributed by atoms with Gasteiger partial charge in [0.15, 0.2) is 0 Å². The predicted octanol–water partition coefficient (Wildman–Crippen LogP) is 6.24. The molecule has 0 radical (unpaired) electrons. The lowest BCUT2D eigenvalue weighted by Crippen LogP contribution is -2.53. The zero-order valence-corrected chi connectivity index (χ0v) is 21.7. The lowest BCUT2D eigenvalue weighted by Gasteiger charge is -2.48. The molecule has 0 aromatic heterocycles. The van der Waals surface area contributed by atoms with Crippen molar-refractivity contribution in [1.29, 1.82) is 5.26 Å². The molecule has 1 amide bonds. The maximum atomic E-state index is 13.9. The van der Waals surface area contributed by atoms with Gasteiger partial charge in [0.1, 0.15) is 0 Å². The number of carbonyl (C=O) groups is 2. The lowest BCUT2D eigenvalue weighted by molar-refractivity contribution is -0.154. The summed E-state index contributed by atoms with van der Waals surface area (Å²) in [7, 11) is 0. The predicted molar refractivity (Wildman–Crippen MR) is 138 cm³/mol. The van der Waals surface area contributed by atoms with Gasteiger partial charge in [0, 0.05) is 21.9 Å². The summed E-state index contributed by atoms with van der Waals surface area (Å²) in [6, 6.07) is 16.7. The summed E-state index contributed by atoms with van der Waals surface area (Å²) in [5.74, 6) is -2.03. The molecule has 0 bridgehead atoms. The Morgan fingerprint density at radius 1 is 1.19 bits per heavy atom. The molecule has 8 heteroatoms. The molecule has 1 saturated heterocycles. The highest BCUT2D eigenvalue weighted by Gasteiger charge is 2.47. The average molecular weight is 529 g/mol. The number of nitriles is 1. The number of likely N-dealkylation sites (tertiary alicyclic amines) is 1. The van der Waals surface area contributed by atoms with Gasteiger partial charge in [-0.05, 0) is 61.1 Å². The number of aliphatic carboxylic acids is 1. The zero-order valence-electron chi connectivity index (χ0n) is 20.2. The van der Waals surface area contributed by atoms with Gasteiger partial charge in [-0.2, -0.15) is 5.26 Å². The molecule has 2 aliphatic rings. The quantitative estimate of drug-likeness (QED) is 0.394. The molecule has 2 aromatic rings. The fourth-order valence-corrected chi connectivity index (χ4v) is 5.52. The molecule has 4 rings (SSSR count). The van der Waals surface area contributed by atoms with E-state index in [4.69, 9.17) is 27.9 Å². The van der Waals surface area contributed by atoms with Crippen molar-refractivity contribution in [3.05, 3.63) is 69.7 Å². The van der Waals surface area contributed by atoms with Crippen molar-refractivity contribution in [2.24, 2.45) is 11.3 Å². The van der Waals surface area contributed by atoms with Gasteiger partial charge in [-0.25, -0.2) is 0 Å². The molecule has 36 heavy (non-hydrogen) atoms. The summed E-state index contributed by atoms with van der Waals surface area (Å²) in [6.07, 6.45) is 2.43. The normalized spacial score (nSPS) is 23.7. The van der Waals surface area contributed by atoms with Crippen LogP contribution in [0.4, 0.5) is 0 Å². The summed E-state index contributed by atoms with van der Waals surface area (Å²) in [5.41, 5.74) is 1.46. The third-order valence-electron chi connectivity index (χ3n) is 7.38. The van der Waals surface area contributed by atoms with E-state index in [1.807, 2.05) is 42.2 Å². The molecule has 1 N–H and O–H groups in total. The summed E-state index contributed by atoms with van der Waals surface area (Å²) >= 11 is 12.5. The largest absolute Gasteiger partial charge is 0.481 e. The summed E-state index contributed by atoms with van der Waals surface area (Å²) in [4.78, 5) is 27.4. The number of hydrogen-bond acceptors (Lipinski definition) is 4. The molecule has 4 atom stereocenters. The molecular formula is C28H30Cl2N2O4. The minimum Gasteiger partial charge on any atom is -0.481 e. The maximum Gasteiger partial charge on any atom is 0.304 e. The van der Waals surface area contributed by atoms with Gasteiger partial charge in [-0.3, -0.25) is 9.59 Å². The van der Waals surface area contributed by atoms with Crippen LogP contribution < -0.4 is 0 Å². The Kier molecular flexibility index (Phi) is 8.24. The molecule has 2 aromatic carbocycles. The van der Waals surface area contributed by atoms with Crippen molar-refractivity contribution >= 4 is 35.1 Å². The minimum atomic E-state index is -1.00. The van der Waals surface area contributed by atoms with E-state index in [0.29, 0.717) is 29.5 Å². The van der Waals surface area contributed by atoms with Crippen LogP contribution in [0.25, 0.3) is 0 Å². The van der Waals surface area contributed by atoms with Crippen LogP contribution in [0.15, 0.2) is 48.5 Å². The number of carbonyl (C=O) groups excluding carboxylic acids is 1. The second-order valence-electron chi connectivity index (χ2n) is 9.90. The number of halogens is 2. The monoisotopic (exact) mass is 528 g/mol. The third kappa shape index (κ3) is 5.86. The Labute approximate surface area is 221 Å². The standard InChI is InChI=1S/C28H30Cl2N2O4/c1-2-23(15-36-17-28(16-31)10-11-28)32-26(18-6-8-21(29)9-7-18)24(19-4-3-5-22(30)12-19)13-20(27(32)35)14-25(33)34/h3-9,12,20,23-24,26H,2,10-11,13-15,17H2,1H3,(H,33,34)/t20-,23?,24?,26-/m1/s1. The number of carboxylic acids is 1. The fourth-order valence-electron chi connectivity index (χ4n) is 5.20. The topological polar surface area (TPSA) is 90.6 Å². The first kappa shape index (κ1) is 26.5. The van der Waals surface area contributed by atoms with Crippen molar-refractivity contribution in [3.63, 3.8) is 0 Å². The van der Waals surface area contributed by atoms with E-state index in [1.165, 1.54) is 0 Å². The van der Waals surface area contributed by atoms with Crippen LogP contribution in [-0.4, -0.2) is 41.1 Å². The van der Waals surface area contributed by atoms with Crippen molar-refractivity contribution in [2.75, 3.05) is 13.2 Å². The molecule has 2 unspecified atom stereocenters. The molecule has 6 nitrogen and oxygen atoms in total. The fraction of sp³-hybridized carbons (Fsp3) is 0.464. The highest BCUT2D eigenvalue weighted by atomic mass is 35.5. The summed E-state index contributed by atoms with van der Waals surface area (Å²) in [6.45, 7) is 2.61. The number of hydrogen-bond donors (Lipinski definition) is 1. The van der Waals surface area contributed by atoms with Crippen LogP contribution >= 0.6 is 23.2 Å². The first-order valence-electron chi connectivity index (χ1n) is 12.3. The van der Waals surface area contributed by atoms with E-state index in [1.54, 1.807) is 18.2 Å². The van der Waals surface area contributed by atoms with Crippen molar-refractivity contribution in [3.8, 4) is 6.07 Å². The second kappa shape index (κ2) is 11.2. The Balaban J connectivity index is 1.74. The first-order chi connectivity index (χ1) is 17.3. The highest BCUT2D eigenvalue weighted by molar-refractivity contribution is 6.30. The Bertz CT molecular complexity index is 1140. The number of piperidine rings is 1. The van der Waals surface area contributed by atoms with E-state index in [-0.39, 0.29) is 36.9 Å². The van der Waals surface area contributed by atoms with Gasteiger partial charge in [0.2, 0.25) is 5.91 Å². The molecule has 2 fully saturated rings. The van der Waals surface area contributed by atoms with Crippen molar-refractivity contribution in [1.82, 2.24) is 4.90 Å². The summed E-state index contributed by atoms with van der Waals surface area (Å²) in [5, 5.41) is 20.2. The Morgan fingerprint density at radius 3 is 2.50 bits per heavy atom. The molecular weight excluding hydrogens is 499 g/mol. The Hall–Kier alpha value is -2.59. The first-order valence-corrected chi connectivity index (χ1v) is 13.1. The van der Waals surface area contributed by atoms with Crippen LogP contribution in [-0.2, 0) is 14.3 Å². The molecule has 1 saturated carbocycles. The minimum absolute atomic E-state index is 0.171. The van der Waals surface area contributed by atoms with E-state index in [2.05, 4.69) is 6.07 Å². The number of nitrogens with zero attached hydrogens (tertiary/aromatic N) is 2. The van der Waals surface area contributed by atoms with E-state index >= 15 is 0 Å². The second-order valence-corrected chi connectivity index (χ2v) is 10.8. The van der Waals surface area contributed by atoms with E-state index in [0.717, 1.165) is 24.0 Å². The summed E-state index contributed by atoms with van der Waals surface area (Å²) < 4.78 is 6.01. The van der Waals surface area contributed by atoms with E-state index < -0.39 is 17.3 Å². The van der Waals surface area contributed by atoms with Gasteiger partial charge < -0.3 is 14.7 Å². The maximum absolute atomic E-state index is 13.9. The number of benzene rings is 2. The van der Waals surface area contributed by atoms with E-state index in [9.17, 15) is 20.0 Å². The van der Waals surface area contributed by atoms with Gasteiger partial charge in [0.05, 0.1) is 43.2 Å². The zero-order chi connectivity index (χ0) is 25.9. The van der Waals surface area contributed by atoms with Gasteiger partial charge in [0.25, 0.3) is 0 Å². The van der Waals surface area contributed by atoms with Crippen molar-refractivity contribution in [2.45, 2.75) is 57.0 Å². The molecule has 1 aliphatic heterocycles. The molecule has 1 heterocycles. The van der Waals surface area contributed by atoms with Crippen LogP contribution in [0.3, 0.4) is 0 Å². The number of ether oxygens (including phenoxy) is 1. The molecule has 1 aliphatic carbocycles. The third-order valence-corrected chi connectivity index (χ3v) is 7.86. The average Bonchev–Trinajstić information content (AvgIpc) is 3.64. The van der Waals surface area contributed by atoms with Crippen LogP contribution in [0.1, 0.15) is 62.1 Å². The van der Waals surface area contributed by atoms with Crippen molar-refractivity contribution < 1.29 is 19.4 Å². The SMILES string of the molecule is CCC(COCC1(C#N)CC1)N1C(=O)[C@@H](CC(=O)O)CC(c2cccc(Cl)c2)[C@H]1c1ccc(Cl)cc1. The van der Waals surface area contributed by atoms with Crippen LogP contribution in [0.2, 0.25) is 10.0 Å². The highest BCUT2D eigenvalue weighted by Crippen LogP contribution is 2.48. The molecule has 0 spiro atoms. The van der Waals surface area contributed by atoms with Gasteiger partial charge in [-0.15, -0.1) is 0 Å². The number of rotatable bonds is 10. The number of amides is 1. The van der Waals surface area contributed by atoms with Gasteiger partial charge in [-0.1, -0.05) is 54.4 Å². The lowest BCUT2D eigenvalue weighted by atomic mass is 9.74. The van der Waals surface area contributed by atoms with Crippen LogP contribution in [0, 0.1) is 22.7 Å². The Morgan fingerprint density at radius 2 is 1.92 bits per heavy atom.